The molecule has 1 aromatic rings. The summed E-state index contributed by atoms with van der Waals surface area (Å²) >= 11 is 0. The second-order valence-corrected chi connectivity index (χ2v) is 5.41. The third-order valence-electron chi connectivity index (χ3n) is 3.80. The Kier molecular flexibility index (Phi) is 5.53. The SMILES string of the molecule is CCCNC1CCN(C(=O)Cc2ccc(F)cc2)CC1. The Bertz CT molecular complexity index is 425. The monoisotopic (exact) mass is 278 g/mol. The number of hydrogen-bond donors (Lipinski definition) is 1. The number of amides is 1. The Morgan fingerprint density at radius 1 is 1.30 bits per heavy atom. The minimum absolute atomic E-state index is 0.144. The van der Waals surface area contributed by atoms with Gasteiger partial charge in [0.25, 0.3) is 0 Å². The zero-order chi connectivity index (χ0) is 14.4. The van der Waals surface area contributed by atoms with Crippen molar-refractivity contribution in [3.63, 3.8) is 0 Å². The van der Waals surface area contributed by atoms with Gasteiger partial charge in [-0.05, 0) is 43.5 Å². The van der Waals surface area contributed by atoms with Gasteiger partial charge < -0.3 is 10.2 Å². The van der Waals surface area contributed by atoms with Gasteiger partial charge in [-0.15, -0.1) is 0 Å². The van der Waals surface area contributed by atoms with E-state index in [-0.39, 0.29) is 11.7 Å². The molecular formula is C16H23FN2O. The van der Waals surface area contributed by atoms with Crippen LogP contribution in [0.3, 0.4) is 0 Å². The molecule has 20 heavy (non-hydrogen) atoms. The zero-order valence-corrected chi connectivity index (χ0v) is 12.1. The summed E-state index contributed by atoms with van der Waals surface area (Å²) in [5.74, 6) is -0.116. The summed E-state index contributed by atoms with van der Waals surface area (Å²) in [5, 5.41) is 3.51. The maximum Gasteiger partial charge on any atom is 0.226 e. The summed E-state index contributed by atoms with van der Waals surface area (Å²) in [5.41, 5.74) is 0.877. The number of nitrogens with one attached hydrogen (secondary N) is 1. The van der Waals surface area contributed by atoms with Crippen LogP contribution in [0.1, 0.15) is 31.7 Å². The highest BCUT2D eigenvalue weighted by Gasteiger charge is 2.22. The van der Waals surface area contributed by atoms with Gasteiger partial charge in [0.15, 0.2) is 0 Å². The van der Waals surface area contributed by atoms with Gasteiger partial charge in [0, 0.05) is 19.1 Å². The van der Waals surface area contributed by atoms with Crippen LogP contribution >= 0.6 is 0 Å². The number of nitrogens with zero attached hydrogens (tertiary/aromatic N) is 1. The van der Waals surface area contributed by atoms with Gasteiger partial charge in [0.1, 0.15) is 5.82 Å². The number of halogens is 1. The Morgan fingerprint density at radius 3 is 2.55 bits per heavy atom. The Morgan fingerprint density at radius 2 is 1.95 bits per heavy atom. The first-order valence-electron chi connectivity index (χ1n) is 7.44. The summed E-state index contributed by atoms with van der Waals surface area (Å²) in [4.78, 5) is 14.1. The average molecular weight is 278 g/mol. The third kappa shape index (κ3) is 4.30. The third-order valence-corrected chi connectivity index (χ3v) is 3.80. The summed E-state index contributed by atoms with van der Waals surface area (Å²) in [6, 6.07) is 6.73. The van der Waals surface area contributed by atoms with Crippen molar-refractivity contribution in [2.45, 2.75) is 38.6 Å². The van der Waals surface area contributed by atoms with E-state index in [4.69, 9.17) is 0 Å². The first-order chi connectivity index (χ1) is 9.69. The lowest BCUT2D eigenvalue weighted by molar-refractivity contribution is -0.131. The van der Waals surface area contributed by atoms with Gasteiger partial charge in [0.2, 0.25) is 5.91 Å². The Hall–Kier alpha value is -1.42. The molecule has 0 aliphatic carbocycles. The molecule has 3 nitrogen and oxygen atoms in total. The predicted octanol–water partition coefficient (Wildman–Crippen LogP) is 2.36. The molecule has 1 aliphatic rings. The molecule has 0 spiro atoms. The van der Waals surface area contributed by atoms with Crippen molar-refractivity contribution in [3.05, 3.63) is 35.6 Å². The molecule has 4 heteroatoms. The van der Waals surface area contributed by atoms with Crippen molar-refractivity contribution in [2.24, 2.45) is 0 Å². The normalized spacial score (nSPS) is 16.4. The quantitative estimate of drug-likeness (QED) is 0.896. The van der Waals surface area contributed by atoms with Gasteiger partial charge in [0.05, 0.1) is 6.42 Å². The minimum Gasteiger partial charge on any atom is -0.342 e. The lowest BCUT2D eigenvalue weighted by Gasteiger charge is -2.32. The van der Waals surface area contributed by atoms with Gasteiger partial charge in [-0.3, -0.25) is 4.79 Å². The molecule has 1 amide bonds. The lowest BCUT2D eigenvalue weighted by Crippen LogP contribution is -2.45. The molecule has 1 N–H and O–H groups in total. The van der Waals surface area contributed by atoms with E-state index in [0.29, 0.717) is 12.5 Å². The maximum atomic E-state index is 12.8. The van der Waals surface area contributed by atoms with E-state index < -0.39 is 0 Å². The number of carbonyl (C=O) groups is 1. The molecule has 0 atom stereocenters. The minimum atomic E-state index is -0.260. The van der Waals surface area contributed by atoms with Crippen molar-refractivity contribution in [3.8, 4) is 0 Å². The second kappa shape index (κ2) is 7.39. The van der Waals surface area contributed by atoms with E-state index in [1.165, 1.54) is 12.1 Å². The summed E-state index contributed by atoms with van der Waals surface area (Å²) in [6.45, 7) is 4.85. The Labute approximate surface area is 120 Å². The average Bonchev–Trinajstić information content (AvgIpc) is 2.48. The standard InChI is InChI=1S/C16H23FN2O/c1-2-9-18-15-7-10-19(11-8-15)16(20)12-13-3-5-14(17)6-4-13/h3-6,15,18H,2,7-12H2,1H3. The molecule has 0 aromatic heterocycles. The number of likely N-dealkylation sites (tertiary alicyclic amines) is 1. The fourth-order valence-corrected chi connectivity index (χ4v) is 2.57. The topological polar surface area (TPSA) is 32.3 Å². The molecule has 0 bridgehead atoms. The van der Waals surface area contributed by atoms with Crippen LogP contribution < -0.4 is 5.32 Å². The molecule has 0 radical (unpaired) electrons. The van der Waals surface area contributed by atoms with E-state index in [1.54, 1.807) is 12.1 Å². The highest BCUT2D eigenvalue weighted by molar-refractivity contribution is 5.78. The van der Waals surface area contributed by atoms with Crippen LogP contribution in [-0.4, -0.2) is 36.5 Å². The highest BCUT2D eigenvalue weighted by atomic mass is 19.1. The van der Waals surface area contributed by atoms with Crippen LogP contribution in [0.25, 0.3) is 0 Å². The van der Waals surface area contributed by atoms with E-state index in [9.17, 15) is 9.18 Å². The Balaban J connectivity index is 1.78. The maximum absolute atomic E-state index is 12.8. The van der Waals surface area contributed by atoms with Gasteiger partial charge in [-0.25, -0.2) is 4.39 Å². The first-order valence-corrected chi connectivity index (χ1v) is 7.44. The molecular weight excluding hydrogens is 255 g/mol. The molecule has 1 heterocycles. The van der Waals surface area contributed by atoms with E-state index >= 15 is 0 Å². The summed E-state index contributed by atoms with van der Waals surface area (Å²) in [6.07, 6.45) is 3.56. The van der Waals surface area contributed by atoms with Crippen molar-refractivity contribution in [2.75, 3.05) is 19.6 Å². The number of hydrogen-bond acceptors (Lipinski definition) is 2. The number of piperidine rings is 1. The number of rotatable bonds is 5. The van der Waals surface area contributed by atoms with Crippen molar-refractivity contribution < 1.29 is 9.18 Å². The van der Waals surface area contributed by atoms with Crippen LogP contribution in [0, 0.1) is 5.82 Å². The van der Waals surface area contributed by atoms with Gasteiger partial charge in [-0.2, -0.15) is 0 Å². The van der Waals surface area contributed by atoms with Gasteiger partial charge in [-0.1, -0.05) is 19.1 Å². The molecule has 1 saturated heterocycles. The van der Waals surface area contributed by atoms with E-state index in [2.05, 4.69) is 12.2 Å². The summed E-state index contributed by atoms with van der Waals surface area (Å²) < 4.78 is 12.8. The van der Waals surface area contributed by atoms with Crippen molar-refractivity contribution in [1.29, 1.82) is 0 Å². The van der Waals surface area contributed by atoms with Crippen LogP contribution in [0.4, 0.5) is 4.39 Å². The highest BCUT2D eigenvalue weighted by Crippen LogP contribution is 2.13. The fraction of sp³-hybridized carbons (Fsp3) is 0.562. The largest absolute Gasteiger partial charge is 0.342 e. The summed E-state index contributed by atoms with van der Waals surface area (Å²) in [7, 11) is 0. The van der Waals surface area contributed by atoms with Crippen LogP contribution in [0.15, 0.2) is 24.3 Å². The fourth-order valence-electron chi connectivity index (χ4n) is 2.57. The number of benzene rings is 1. The predicted molar refractivity (Wildman–Crippen MR) is 78.0 cm³/mol. The van der Waals surface area contributed by atoms with Crippen LogP contribution in [0.2, 0.25) is 0 Å². The molecule has 1 fully saturated rings. The van der Waals surface area contributed by atoms with Crippen molar-refractivity contribution >= 4 is 5.91 Å². The van der Waals surface area contributed by atoms with Crippen LogP contribution in [-0.2, 0) is 11.2 Å². The molecule has 1 aliphatic heterocycles. The van der Waals surface area contributed by atoms with E-state index in [1.807, 2.05) is 4.90 Å². The molecule has 1 aromatic carbocycles. The smallest absolute Gasteiger partial charge is 0.226 e. The lowest BCUT2D eigenvalue weighted by atomic mass is 10.0. The molecule has 0 unspecified atom stereocenters. The first kappa shape index (κ1) is 15.0. The van der Waals surface area contributed by atoms with Crippen LogP contribution in [0.5, 0.6) is 0 Å². The van der Waals surface area contributed by atoms with Crippen molar-refractivity contribution in [1.82, 2.24) is 10.2 Å². The zero-order valence-electron chi connectivity index (χ0n) is 12.1. The number of carbonyl (C=O) groups excluding carboxylic acids is 1. The van der Waals surface area contributed by atoms with Gasteiger partial charge >= 0.3 is 0 Å². The molecule has 0 saturated carbocycles. The molecule has 110 valence electrons. The van der Waals surface area contributed by atoms with E-state index in [0.717, 1.165) is 44.5 Å². The molecule has 2 rings (SSSR count). The second-order valence-electron chi connectivity index (χ2n) is 5.41.